The summed E-state index contributed by atoms with van der Waals surface area (Å²) in [4.78, 5) is 15.8. The van der Waals surface area contributed by atoms with Gasteiger partial charge in [-0.2, -0.15) is 4.98 Å². The first-order valence-electron chi connectivity index (χ1n) is 6.94. The smallest absolute Gasteiger partial charge is 0.318 e. The van der Waals surface area contributed by atoms with Gasteiger partial charge < -0.3 is 19.6 Å². The van der Waals surface area contributed by atoms with Gasteiger partial charge in [0.1, 0.15) is 22.8 Å². The quantitative estimate of drug-likeness (QED) is 0.752. The molecule has 2 aromatic heterocycles. The number of fused-ring (bicyclic) bond motifs is 1. The first-order valence-corrected chi connectivity index (χ1v) is 6.94. The summed E-state index contributed by atoms with van der Waals surface area (Å²) in [5, 5.41) is 9.64. The van der Waals surface area contributed by atoms with E-state index < -0.39 is 0 Å². The summed E-state index contributed by atoms with van der Waals surface area (Å²) in [6.07, 6.45) is 2.46. The number of rotatable bonds is 5. The fourth-order valence-electron chi connectivity index (χ4n) is 2.06. The Morgan fingerprint density at radius 1 is 1.27 bits per heavy atom. The van der Waals surface area contributed by atoms with Crippen LogP contribution < -0.4 is 9.47 Å². The largest absolute Gasteiger partial charge is 0.508 e. The Bertz CT molecular complexity index is 801. The molecule has 0 unspecified atom stereocenters. The zero-order valence-corrected chi connectivity index (χ0v) is 12.3. The number of aromatic hydroxyl groups is 1. The number of phenolic OH excluding ortho intramolecular Hbond substituents is 1. The van der Waals surface area contributed by atoms with Gasteiger partial charge in [0.05, 0.1) is 25.5 Å². The number of H-pyrrole nitrogens is 1. The van der Waals surface area contributed by atoms with E-state index in [1.807, 2.05) is 6.92 Å². The average Bonchev–Trinajstić information content (AvgIpc) is 2.95. The highest BCUT2D eigenvalue weighted by Crippen LogP contribution is 2.32. The van der Waals surface area contributed by atoms with E-state index in [4.69, 9.17) is 9.47 Å². The van der Waals surface area contributed by atoms with Gasteiger partial charge in [-0.1, -0.05) is 6.92 Å². The molecular weight excluding hydrogens is 284 g/mol. The lowest BCUT2D eigenvalue weighted by atomic mass is 10.2. The predicted molar refractivity (Wildman–Crippen MR) is 81.1 cm³/mol. The van der Waals surface area contributed by atoms with Crippen molar-refractivity contribution in [1.82, 2.24) is 19.9 Å². The summed E-state index contributed by atoms with van der Waals surface area (Å²) >= 11 is 0. The van der Waals surface area contributed by atoms with E-state index >= 15 is 0 Å². The number of methoxy groups -OCH3 is 1. The summed E-state index contributed by atoms with van der Waals surface area (Å²) in [5.74, 6) is 1.32. The van der Waals surface area contributed by atoms with Crippen molar-refractivity contribution in [3.63, 3.8) is 0 Å². The van der Waals surface area contributed by atoms with Gasteiger partial charge in [-0.3, -0.25) is 0 Å². The van der Waals surface area contributed by atoms with Crippen molar-refractivity contribution in [2.45, 2.75) is 13.3 Å². The summed E-state index contributed by atoms with van der Waals surface area (Å²) in [5.41, 5.74) is 1.96. The van der Waals surface area contributed by atoms with Crippen LogP contribution >= 0.6 is 0 Å². The summed E-state index contributed by atoms with van der Waals surface area (Å²) in [6.45, 7) is 2.58. The van der Waals surface area contributed by atoms with Gasteiger partial charge in [0, 0.05) is 6.07 Å². The van der Waals surface area contributed by atoms with Crippen LogP contribution in [0.15, 0.2) is 24.4 Å². The fraction of sp³-hybridized carbons (Fsp3) is 0.267. The number of hydrogen-bond acceptors (Lipinski definition) is 6. The van der Waals surface area contributed by atoms with E-state index in [-0.39, 0.29) is 11.8 Å². The van der Waals surface area contributed by atoms with Crippen LogP contribution in [0.1, 0.15) is 13.3 Å². The minimum Gasteiger partial charge on any atom is -0.508 e. The highest BCUT2D eigenvalue weighted by atomic mass is 16.5. The lowest BCUT2D eigenvalue weighted by molar-refractivity contribution is 0.316. The van der Waals surface area contributed by atoms with Gasteiger partial charge in [-0.25, -0.2) is 9.97 Å². The van der Waals surface area contributed by atoms with Gasteiger partial charge in [-0.15, -0.1) is 0 Å². The molecule has 0 bridgehead atoms. The predicted octanol–water partition coefficient (Wildman–Crippen LogP) is 2.52. The summed E-state index contributed by atoms with van der Waals surface area (Å²) in [7, 11) is 1.51. The molecule has 0 radical (unpaired) electrons. The van der Waals surface area contributed by atoms with Gasteiger partial charge >= 0.3 is 6.01 Å². The third-order valence-corrected chi connectivity index (χ3v) is 3.08. The molecule has 0 saturated heterocycles. The maximum Gasteiger partial charge on any atom is 0.318 e. The van der Waals surface area contributed by atoms with E-state index in [1.54, 1.807) is 24.4 Å². The number of nitrogens with one attached hydrogen (secondary N) is 1. The Balaban J connectivity index is 2.06. The van der Waals surface area contributed by atoms with Crippen LogP contribution in [-0.2, 0) is 0 Å². The van der Waals surface area contributed by atoms with E-state index in [0.717, 1.165) is 12.0 Å². The second-order valence-electron chi connectivity index (χ2n) is 4.70. The molecule has 3 rings (SSSR count). The molecule has 114 valence electrons. The van der Waals surface area contributed by atoms with Crippen LogP contribution in [0, 0.1) is 0 Å². The summed E-state index contributed by atoms with van der Waals surface area (Å²) in [6, 6.07) is 5.19. The highest BCUT2D eigenvalue weighted by Gasteiger charge is 2.13. The van der Waals surface area contributed by atoms with Crippen molar-refractivity contribution >= 4 is 11.2 Å². The maximum absolute atomic E-state index is 9.64. The number of aromatic amines is 1. The Morgan fingerprint density at radius 3 is 2.91 bits per heavy atom. The molecular formula is C15H16N4O3. The molecule has 0 atom stereocenters. The average molecular weight is 300 g/mol. The zero-order valence-electron chi connectivity index (χ0n) is 12.3. The third kappa shape index (κ3) is 2.65. The van der Waals surface area contributed by atoms with Crippen LogP contribution in [0.3, 0.4) is 0 Å². The SMILES string of the molecule is CCCOc1cc(O)ccc1-c1nc2cnc(OC)nc2[nH]1. The minimum atomic E-state index is 0.146. The molecule has 2 N–H and O–H groups in total. The van der Waals surface area contributed by atoms with Crippen molar-refractivity contribution < 1.29 is 14.6 Å². The molecule has 0 fully saturated rings. The Labute approximate surface area is 127 Å². The first-order chi connectivity index (χ1) is 10.7. The second kappa shape index (κ2) is 5.88. The number of benzene rings is 1. The highest BCUT2D eigenvalue weighted by molar-refractivity contribution is 5.77. The van der Waals surface area contributed by atoms with E-state index in [9.17, 15) is 5.11 Å². The lowest BCUT2D eigenvalue weighted by Crippen LogP contribution is -1.97. The van der Waals surface area contributed by atoms with Crippen LogP contribution in [-0.4, -0.2) is 38.8 Å². The molecule has 2 heterocycles. The lowest BCUT2D eigenvalue weighted by Gasteiger charge is -2.09. The van der Waals surface area contributed by atoms with E-state index in [1.165, 1.54) is 7.11 Å². The Kier molecular flexibility index (Phi) is 3.78. The molecule has 0 aliphatic heterocycles. The van der Waals surface area contributed by atoms with Crippen LogP contribution in [0.25, 0.3) is 22.6 Å². The number of aromatic nitrogens is 4. The van der Waals surface area contributed by atoms with E-state index in [0.29, 0.717) is 29.3 Å². The van der Waals surface area contributed by atoms with Crippen molar-refractivity contribution in [1.29, 1.82) is 0 Å². The molecule has 0 aliphatic rings. The minimum absolute atomic E-state index is 0.146. The first kappa shape index (κ1) is 14.1. The molecule has 0 spiro atoms. The second-order valence-corrected chi connectivity index (χ2v) is 4.70. The number of phenols is 1. The summed E-state index contributed by atoms with van der Waals surface area (Å²) < 4.78 is 10.7. The van der Waals surface area contributed by atoms with Gasteiger partial charge in [-0.05, 0) is 18.6 Å². The molecule has 3 aromatic rings. The van der Waals surface area contributed by atoms with E-state index in [2.05, 4.69) is 19.9 Å². The third-order valence-electron chi connectivity index (χ3n) is 3.08. The fourth-order valence-corrected chi connectivity index (χ4v) is 2.06. The topological polar surface area (TPSA) is 93.2 Å². The van der Waals surface area contributed by atoms with Gasteiger partial charge in [0.15, 0.2) is 5.65 Å². The van der Waals surface area contributed by atoms with Crippen molar-refractivity contribution in [3.8, 4) is 28.9 Å². The molecule has 7 heteroatoms. The number of hydrogen-bond donors (Lipinski definition) is 2. The molecule has 7 nitrogen and oxygen atoms in total. The van der Waals surface area contributed by atoms with Crippen LogP contribution in [0.5, 0.6) is 17.5 Å². The van der Waals surface area contributed by atoms with Crippen molar-refractivity contribution in [2.75, 3.05) is 13.7 Å². The molecule has 22 heavy (non-hydrogen) atoms. The molecule has 0 aliphatic carbocycles. The normalized spacial score (nSPS) is 10.8. The van der Waals surface area contributed by atoms with Crippen LogP contribution in [0.2, 0.25) is 0 Å². The standard InChI is InChI=1S/C15H16N4O3/c1-3-6-22-12-7-9(20)4-5-10(12)13-17-11-8-16-15(21-2)19-14(11)18-13/h4-5,7-8,20H,3,6H2,1-2H3,(H,16,17,18,19). The number of ether oxygens (including phenoxy) is 2. The monoisotopic (exact) mass is 300 g/mol. The van der Waals surface area contributed by atoms with Crippen LogP contribution in [0.4, 0.5) is 0 Å². The van der Waals surface area contributed by atoms with Crippen molar-refractivity contribution in [2.24, 2.45) is 0 Å². The Hall–Kier alpha value is -2.83. The van der Waals surface area contributed by atoms with Gasteiger partial charge in [0.25, 0.3) is 0 Å². The zero-order chi connectivity index (χ0) is 15.5. The molecule has 0 saturated carbocycles. The number of nitrogens with zero attached hydrogens (tertiary/aromatic N) is 3. The van der Waals surface area contributed by atoms with Crippen molar-refractivity contribution in [3.05, 3.63) is 24.4 Å². The maximum atomic E-state index is 9.64. The molecule has 0 amide bonds. The van der Waals surface area contributed by atoms with Gasteiger partial charge in [0.2, 0.25) is 0 Å². The Morgan fingerprint density at radius 2 is 2.14 bits per heavy atom. The molecule has 1 aromatic carbocycles. The number of imidazole rings is 1.